The van der Waals surface area contributed by atoms with Crippen molar-refractivity contribution in [1.82, 2.24) is 10.2 Å². The molecule has 0 radical (unpaired) electrons. The maximum absolute atomic E-state index is 12.0. The lowest BCUT2D eigenvalue weighted by atomic mass is 9.82. The van der Waals surface area contributed by atoms with E-state index >= 15 is 0 Å². The van der Waals surface area contributed by atoms with Crippen molar-refractivity contribution in [2.75, 3.05) is 26.8 Å². The summed E-state index contributed by atoms with van der Waals surface area (Å²) >= 11 is 0. The van der Waals surface area contributed by atoms with Gasteiger partial charge in [0.1, 0.15) is 5.76 Å². The molecule has 1 fully saturated rings. The summed E-state index contributed by atoms with van der Waals surface area (Å²) in [6.07, 6.45) is 3.61. The van der Waals surface area contributed by atoms with Crippen LogP contribution in [0.4, 0.5) is 4.79 Å². The number of carbonyl (C=O) groups excluding carboxylic acids is 1. The number of rotatable bonds is 4. The summed E-state index contributed by atoms with van der Waals surface area (Å²) in [5, 5.41) is 2.85. The molecule has 1 aliphatic rings. The first kappa shape index (κ1) is 13.9. The van der Waals surface area contributed by atoms with Crippen LogP contribution in [0.3, 0.4) is 0 Å². The minimum Gasteiger partial charge on any atom is -0.467 e. The lowest BCUT2D eigenvalue weighted by Gasteiger charge is -2.36. The summed E-state index contributed by atoms with van der Waals surface area (Å²) in [5.74, 6) is 0.763. The highest BCUT2D eigenvalue weighted by Gasteiger charge is 2.30. The molecule has 2 heterocycles. The van der Waals surface area contributed by atoms with E-state index in [4.69, 9.17) is 9.15 Å². The van der Waals surface area contributed by atoms with Crippen molar-refractivity contribution >= 4 is 6.03 Å². The van der Waals surface area contributed by atoms with Gasteiger partial charge in [-0.25, -0.2) is 4.79 Å². The monoisotopic (exact) mass is 266 g/mol. The maximum Gasteiger partial charge on any atom is 0.317 e. The van der Waals surface area contributed by atoms with Gasteiger partial charge in [-0.05, 0) is 30.4 Å². The van der Waals surface area contributed by atoms with Crippen molar-refractivity contribution in [1.29, 1.82) is 0 Å². The number of hydrogen-bond acceptors (Lipinski definition) is 3. The maximum atomic E-state index is 12.0. The lowest BCUT2D eigenvalue weighted by Crippen LogP contribution is -2.44. The average molecular weight is 266 g/mol. The second-order valence-corrected chi connectivity index (χ2v) is 5.52. The van der Waals surface area contributed by atoms with Gasteiger partial charge < -0.3 is 19.4 Å². The number of carbonyl (C=O) groups is 1. The van der Waals surface area contributed by atoms with Gasteiger partial charge in [0.25, 0.3) is 0 Å². The smallest absolute Gasteiger partial charge is 0.317 e. The van der Waals surface area contributed by atoms with Gasteiger partial charge in [-0.2, -0.15) is 0 Å². The third-order valence-electron chi connectivity index (χ3n) is 3.66. The highest BCUT2D eigenvalue weighted by atomic mass is 16.5. The molecule has 0 aromatic carbocycles. The fourth-order valence-electron chi connectivity index (χ4n) is 2.38. The number of furan rings is 1. The first-order chi connectivity index (χ1) is 9.09. The highest BCUT2D eigenvalue weighted by Crippen LogP contribution is 2.30. The normalized spacial score (nSPS) is 18.0. The molecular weight excluding hydrogens is 244 g/mol. The highest BCUT2D eigenvalue weighted by molar-refractivity contribution is 5.73. The van der Waals surface area contributed by atoms with E-state index in [0.717, 1.165) is 38.4 Å². The van der Waals surface area contributed by atoms with E-state index in [2.05, 4.69) is 12.2 Å². The SMILES string of the molecule is CN(CC1(C)CCOCC1)C(=O)NCc1ccco1. The summed E-state index contributed by atoms with van der Waals surface area (Å²) in [6, 6.07) is 3.60. The standard InChI is InChI=1S/C14H22N2O3/c1-14(5-8-18-9-6-14)11-16(2)13(17)15-10-12-4-3-7-19-12/h3-4,7H,5-6,8-11H2,1-2H3,(H,15,17). The van der Waals surface area contributed by atoms with Crippen LogP contribution >= 0.6 is 0 Å². The molecule has 19 heavy (non-hydrogen) atoms. The van der Waals surface area contributed by atoms with Crippen molar-refractivity contribution in [3.63, 3.8) is 0 Å². The molecule has 0 spiro atoms. The summed E-state index contributed by atoms with van der Waals surface area (Å²) in [4.78, 5) is 13.7. The van der Waals surface area contributed by atoms with E-state index in [1.807, 2.05) is 19.2 Å². The van der Waals surface area contributed by atoms with E-state index in [0.29, 0.717) is 6.54 Å². The molecule has 0 aliphatic carbocycles. The van der Waals surface area contributed by atoms with E-state index in [-0.39, 0.29) is 11.4 Å². The number of nitrogens with one attached hydrogen (secondary N) is 1. The Labute approximate surface area is 113 Å². The zero-order valence-corrected chi connectivity index (χ0v) is 11.6. The summed E-state index contributed by atoms with van der Waals surface area (Å²) in [7, 11) is 1.83. The van der Waals surface area contributed by atoms with E-state index in [1.54, 1.807) is 11.2 Å². The van der Waals surface area contributed by atoms with Crippen LogP contribution in [0.25, 0.3) is 0 Å². The van der Waals surface area contributed by atoms with Crippen LogP contribution < -0.4 is 5.32 Å². The topological polar surface area (TPSA) is 54.7 Å². The molecule has 0 saturated carbocycles. The summed E-state index contributed by atoms with van der Waals surface area (Å²) in [5.41, 5.74) is 0.162. The molecule has 2 rings (SSSR count). The average Bonchev–Trinajstić information content (AvgIpc) is 2.89. The largest absolute Gasteiger partial charge is 0.467 e. The lowest BCUT2D eigenvalue weighted by molar-refractivity contribution is 0.0133. The minimum absolute atomic E-state index is 0.0656. The van der Waals surface area contributed by atoms with Crippen LogP contribution in [0.5, 0.6) is 0 Å². The molecule has 1 aliphatic heterocycles. The Balaban J connectivity index is 1.78. The second-order valence-electron chi connectivity index (χ2n) is 5.52. The Morgan fingerprint density at radius 2 is 2.21 bits per heavy atom. The van der Waals surface area contributed by atoms with Crippen molar-refractivity contribution in [3.8, 4) is 0 Å². The fourth-order valence-corrected chi connectivity index (χ4v) is 2.38. The minimum atomic E-state index is -0.0656. The van der Waals surface area contributed by atoms with Gasteiger partial charge in [-0.15, -0.1) is 0 Å². The van der Waals surface area contributed by atoms with Crippen LogP contribution in [0, 0.1) is 5.41 Å². The summed E-state index contributed by atoms with van der Waals surface area (Å²) < 4.78 is 10.6. The van der Waals surface area contributed by atoms with E-state index < -0.39 is 0 Å². The van der Waals surface area contributed by atoms with Gasteiger partial charge in [-0.3, -0.25) is 0 Å². The molecule has 106 valence electrons. The Morgan fingerprint density at radius 3 is 2.84 bits per heavy atom. The number of hydrogen-bond donors (Lipinski definition) is 1. The quantitative estimate of drug-likeness (QED) is 0.909. The number of ether oxygens (including phenoxy) is 1. The van der Waals surface area contributed by atoms with Crippen LogP contribution in [-0.2, 0) is 11.3 Å². The van der Waals surface area contributed by atoms with Crippen molar-refractivity contribution in [2.45, 2.75) is 26.3 Å². The molecule has 1 N–H and O–H groups in total. The Bertz CT molecular complexity index is 397. The number of nitrogens with zero attached hydrogens (tertiary/aromatic N) is 1. The van der Waals surface area contributed by atoms with Gasteiger partial charge in [0, 0.05) is 26.8 Å². The zero-order valence-electron chi connectivity index (χ0n) is 11.6. The predicted octanol–water partition coefficient (Wildman–Crippen LogP) is 2.24. The second kappa shape index (κ2) is 6.10. The van der Waals surface area contributed by atoms with Crippen molar-refractivity contribution in [3.05, 3.63) is 24.2 Å². The molecule has 1 aromatic rings. The molecule has 0 atom stereocenters. The van der Waals surface area contributed by atoms with Crippen molar-refractivity contribution in [2.24, 2.45) is 5.41 Å². The Morgan fingerprint density at radius 1 is 1.47 bits per heavy atom. The molecule has 0 bridgehead atoms. The van der Waals surface area contributed by atoms with Gasteiger partial charge >= 0.3 is 6.03 Å². The third-order valence-corrected chi connectivity index (χ3v) is 3.66. The molecule has 1 saturated heterocycles. The van der Waals surface area contributed by atoms with Crippen LogP contribution in [0.2, 0.25) is 0 Å². The van der Waals surface area contributed by atoms with Gasteiger partial charge in [0.05, 0.1) is 12.8 Å². The Hall–Kier alpha value is -1.49. The zero-order chi connectivity index (χ0) is 13.7. The van der Waals surface area contributed by atoms with Crippen molar-refractivity contribution < 1.29 is 13.9 Å². The third kappa shape index (κ3) is 3.99. The summed E-state index contributed by atoms with van der Waals surface area (Å²) in [6.45, 7) is 4.97. The van der Waals surface area contributed by atoms with Crippen LogP contribution in [0.1, 0.15) is 25.5 Å². The number of amides is 2. The van der Waals surface area contributed by atoms with Gasteiger partial charge in [0.15, 0.2) is 0 Å². The first-order valence-electron chi connectivity index (χ1n) is 6.68. The predicted molar refractivity (Wildman–Crippen MR) is 71.7 cm³/mol. The van der Waals surface area contributed by atoms with E-state index in [1.165, 1.54) is 0 Å². The molecule has 2 amide bonds. The molecule has 0 unspecified atom stereocenters. The Kier molecular flexibility index (Phi) is 4.47. The molecule has 5 heteroatoms. The molecular formula is C14H22N2O3. The molecule has 5 nitrogen and oxygen atoms in total. The van der Waals surface area contributed by atoms with Crippen LogP contribution in [0.15, 0.2) is 22.8 Å². The first-order valence-corrected chi connectivity index (χ1v) is 6.68. The number of urea groups is 1. The van der Waals surface area contributed by atoms with Crippen LogP contribution in [-0.4, -0.2) is 37.7 Å². The molecule has 1 aromatic heterocycles. The van der Waals surface area contributed by atoms with Gasteiger partial charge in [0.2, 0.25) is 0 Å². The van der Waals surface area contributed by atoms with E-state index in [9.17, 15) is 4.79 Å². The fraction of sp³-hybridized carbons (Fsp3) is 0.643. The van der Waals surface area contributed by atoms with Gasteiger partial charge in [-0.1, -0.05) is 6.92 Å².